The number of nitriles is 3. The van der Waals surface area contributed by atoms with Crippen LogP contribution in [0.25, 0.3) is 73.7 Å². The molecule has 0 unspecified atom stereocenters. The van der Waals surface area contributed by atoms with Gasteiger partial charge in [-0.15, -0.1) is 22.7 Å². The molecular formula is C39H19N3S2. The second-order valence-corrected chi connectivity index (χ2v) is 12.9. The standard InChI is InChI=1S/C39H19N3S2/c40-20-23-13-24(21-41)15-27(14-23)28-16-33(25-9-11-31-29-5-1-3-7-36(29)43-38(31)18-25)35(22-42)34(17-28)26-10-12-32-30-6-2-4-8-37(30)44-39(32)19-26/h1-19H. The van der Waals surface area contributed by atoms with Crippen LogP contribution in [0.3, 0.4) is 0 Å². The Labute approximate surface area is 261 Å². The van der Waals surface area contributed by atoms with Crippen molar-refractivity contribution in [3.05, 3.63) is 132 Å². The number of hydrogen-bond donors (Lipinski definition) is 0. The van der Waals surface area contributed by atoms with Crippen molar-refractivity contribution < 1.29 is 0 Å². The first-order valence-corrected chi connectivity index (χ1v) is 15.6. The van der Waals surface area contributed by atoms with Gasteiger partial charge in [-0.1, -0.05) is 60.7 Å². The highest BCUT2D eigenvalue weighted by Crippen LogP contribution is 2.42. The summed E-state index contributed by atoms with van der Waals surface area (Å²) < 4.78 is 4.76. The topological polar surface area (TPSA) is 71.4 Å². The van der Waals surface area contributed by atoms with Crippen molar-refractivity contribution >= 4 is 63.0 Å². The normalized spacial score (nSPS) is 11.1. The lowest BCUT2D eigenvalue weighted by Gasteiger charge is -2.15. The summed E-state index contributed by atoms with van der Waals surface area (Å²) in [6, 6.07) is 45.8. The SMILES string of the molecule is N#Cc1cc(C#N)cc(-c2cc(-c3ccc4c(c3)sc3ccccc34)c(C#N)c(-c3ccc4c(c3)sc3ccccc34)c2)c1. The molecule has 0 N–H and O–H groups in total. The van der Waals surface area contributed by atoms with Crippen LogP contribution in [0.2, 0.25) is 0 Å². The molecule has 0 radical (unpaired) electrons. The largest absolute Gasteiger partial charge is 0.192 e. The van der Waals surface area contributed by atoms with E-state index in [1.807, 2.05) is 12.1 Å². The van der Waals surface area contributed by atoms with Gasteiger partial charge in [0, 0.05) is 51.5 Å². The number of benzene rings is 6. The Morgan fingerprint density at radius 1 is 0.386 bits per heavy atom. The zero-order chi connectivity index (χ0) is 29.8. The van der Waals surface area contributed by atoms with Gasteiger partial charge in [0.05, 0.1) is 28.8 Å². The fraction of sp³-hybridized carbons (Fsp3) is 0. The molecule has 0 aliphatic heterocycles. The van der Waals surface area contributed by atoms with Crippen LogP contribution >= 0.6 is 22.7 Å². The summed E-state index contributed by atoms with van der Waals surface area (Å²) in [5.74, 6) is 0. The van der Waals surface area contributed by atoms with Crippen molar-refractivity contribution in [2.24, 2.45) is 0 Å². The first kappa shape index (κ1) is 25.9. The van der Waals surface area contributed by atoms with Crippen molar-refractivity contribution in [3.63, 3.8) is 0 Å². The van der Waals surface area contributed by atoms with E-state index in [1.165, 1.54) is 30.9 Å². The molecule has 202 valence electrons. The zero-order valence-electron chi connectivity index (χ0n) is 23.1. The van der Waals surface area contributed by atoms with Crippen LogP contribution in [0.1, 0.15) is 16.7 Å². The Hall–Kier alpha value is -5.77. The Kier molecular flexibility index (Phi) is 6.00. The van der Waals surface area contributed by atoms with Crippen LogP contribution in [0, 0.1) is 34.0 Å². The van der Waals surface area contributed by atoms with Crippen LogP contribution in [0.5, 0.6) is 0 Å². The molecule has 0 amide bonds. The summed E-state index contributed by atoms with van der Waals surface area (Å²) in [6.45, 7) is 0. The molecule has 3 nitrogen and oxygen atoms in total. The lowest BCUT2D eigenvalue weighted by molar-refractivity contribution is 1.44. The number of fused-ring (bicyclic) bond motifs is 6. The van der Waals surface area contributed by atoms with Gasteiger partial charge >= 0.3 is 0 Å². The molecule has 8 rings (SSSR count). The highest BCUT2D eigenvalue weighted by atomic mass is 32.1. The molecule has 0 aliphatic carbocycles. The third-order valence-electron chi connectivity index (χ3n) is 8.15. The van der Waals surface area contributed by atoms with Crippen molar-refractivity contribution in [1.29, 1.82) is 15.8 Å². The van der Waals surface area contributed by atoms with Crippen molar-refractivity contribution in [2.75, 3.05) is 0 Å². The minimum atomic E-state index is 0.421. The monoisotopic (exact) mass is 593 g/mol. The van der Waals surface area contributed by atoms with Crippen LogP contribution < -0.4 is 0 Å². The van der Waals surface area contributed by atoms with E-state index in [2.05, 4.69) is 103 Å². The summed E-state index contributed by atoms with van der Waals surface area (Å²) in [5, 5.41) is 34.9. The molecule has 5 heteroatoms. The Balaban J connectivity index is 1.41. The molecule has 0 spiro atoms. The average molecular weight is 594 g/mol. The maximum Gasteiger partial charge on any atom is 0.100 e. The minimum absolute atomic E-state index is 0.421. The van der Waals surface area contributed by atoms with Crippen molar-refractivity contribution in [3.8, 4) is 51.6 Å². The van der Waals surface area contributed by atoms with E-state index in [0.717, 1.165) is 42.8 Å². The van der Waals surface area contributed by atoms with Crippen molar-refractivity contribution in [1.82, 2.24) is 0 Å². The molecule has 2 aromatic heterocycles. The lowest BCUT2D eigenvalue weighted by Crippen LogP contribution is -1.93. The molecule has 0 saturated carbocycles. The third kappa shape index (κ3) is 4.14. The molecule has 0 saturated heterocycles. The Morgan fingerprint density at radius 3 is 1.32 bits per heavy atom. The number of hydrogen-bond acceptors (Lipinski definition) is 5. The van der Waals surface area contributed by atoms with Gasteiger partial charge in [0.2, 0.25) is 0 Å². The van der Waals surface area contributed by atoms with Crippen LogP contribution in [-0.4, -0.2) is 0 Å². The summed E-state index contributed by atoms with van der Waals surface area (Å²) in [5.41, 5.74) is 6.57. The van der Waals surface area contributed by atoms with Crippen molar-refractivity contribution in [2.45, 2.75) is 0 Å². The van der Waals surface area contributed by atoms with E-state index in [1.54, 1.807) is 40.9 Å². The summed E-state index contributed by atoms with van der Waals surface area (Å²) >= 11 is 3.49. The molecule has 6 aromatic carbocycles. The first-order valence-electron chi connectivity index (χ1n) is 14.0. The van der Waals surface area contributed by atoms with Gasteiger partial charge in [0.25, 0.3) is 0 Å². The lowest BCUT2D eigenvalue weighted by atomic mass is 9.87. The third-order valence-corrected chi connectivity index (χ3v) is 10.4. The van der Waals surface area contributed by atoms with E-state index in [-0.39, 0.29) is 0 Å². The predicted molar refractivity (Wildman–Crippen MR) is 183 cm³/mol. The van der Waals surface area contributed by atoms with E-state index in [9.17, 15) is 15.8 Å². The van der Waals surface area contributed by atoms with E-state index in [4.69, 9.17) is 0 Å². The molecule has 0 bridgehead atoms. The minimum Gasteiger partial charge on any atom is -0.192 e. The van der Waals surface area contributed by atoms with Crippen LogP contribution in [0.15, 0.2) is 115 Å². The molecule has 0 fully saturated rings. The van der Waals surface area contributed by atoms with E-state index in [0.29, 0.717) is 16.7 Å². The Bertz CT molecular complexity index is 2430. The van der Waals surface area contributed by atoms with Crippen LogP contribution in [-0.2, 0) is 0 Å². The van der Waals surface area contributed by atoms with Gasteiger partial charge in [-0.25, -0.2) is 0 Å². The molecule has 2 heterocycles. The maximum atomic E-state index is 10.7. The second kappa shape index (κ2) is 10.2. The predicted octanol–water partition coefficient (Wildman–Crippen LogP) is 11.0. The van der Waals surface area contributed by atoms with Gasteiger partial charge < -0.3 is 0 Å². The number of rotatable bonds is 3. The molecule has 0 atom stereocenters. The summed E-state index contributed by atoms with van der Waals surface area (Å²) in [4.78, 5) is 0. The molecule has 0 aliphatic rings. The first-order chi connectivity index (χ1) is 21.6. The smallest absolute Gasteiger partial charge is 0.100 e. The quantitative estimate of drug-likeness (QED) is 0.205. The zero-order valence-corrected chi connectivity index (χ0v) is 24.8. The highest BCUT2D eigenvalue weighted by molar-refractivity contribution is 7.26. The second-order valence-electron chi connectivity index (χ2n) is 10.7. The maximum absolute atomic E-state index is 10.7. The van der Waals surface area contributed by atoms with Gasteiger partial charge in [-0.3, -0.25) is 0 Å². The number of nitrogens with zero attached hydrogens (tertiary/aromatic N) is 3. The van der Waals surface area contributed by atoms with Gasteiger partial charge in [-0.2, -0.15) is 15.8 Å². The molecule has 8 aromatic rings. The van der Waals surface area contributed by atoms with Gasteiger partial charge in [-0.05, 0) is 76.9 Å². The van der Waals surface area contributed by atoms with Gasteiger partial charge in [0.15, 0.2) is 0 Å². The van der Waals surface area contributed by atoms with E-state index < -0.39 is 0 Å². The highest BCUT2D eigenvalue weighted by Gasteiger charge is 2.18. The summed E-state index contributed by atoms with van der Waals surface area (Å²) in [7, 11) is 0. The van der Waals surface area contributed by atoms with Crippen LogP contribution in [0.4, 0.5) is 0 Å². The fourth-order valence-electron chi connectivity index (χ4n) is 6.09. The molecule has 44 heavy (non-hydrogen) atoms. The van der Waals surface area contributed by atoms with Gasteiger partial charge in [0.1, 0.15) is 6.07 Å². The van der Waals surface area contributed by atoms with E-state index >= 15 is 0 Å². The fourth-order valence-corrected chi connectivity index (χ4v) is 8.39. The molecular weight excluding hydrogens is 575 g/mol. The number of thiophene rings is 2. The average Bonchev–Trinajstić information content (AvgIpc) is 3.64. The summed E-state index contributed by atoms with van der Waals surface area (Å²) in [6.07, 6.45) is 0. The Morgan fingerprint density at radius 2 is 0.841 bits per heavy atom.